The topological polar surface area (TPSA) is 80.1 Å². The fourth-order valence-electron chi connectivity index (χ4n) is 2.90. The largest absolute Gasteiger partial charge is 0.450 e. The number of furan rings is 1. The Bertz CT molecular complexity index is 999. The van der Waals surface area contributed by atoms with E-state index in [0.29, 0.717) is 42.2 Å². The van der Waals surface area contributed by atoms with E-state index < -0.39 is 11.1 Å². The SMILES string of the molecule is O=C(CN1C(=O)S/C(=C\c2ccc(Sc3ccc(Cl)cc3)o2)C1=O)N1CCOCC1. The van der Waals surface area contributed by atoms with E-state index in [0.717, 1.165) is 21.6 Å². The quantitative estimate of drug-likeness (QED) is 0.619. The molecule has 2 fully saturated rings. The van der Waals surface area contributed by atoms with Gasteiger partial charge in [-0.1, -0.05) is 23.4 Å². The van der Waals surface area contributed by atoms with Crippen LogP contribution in [0.5, 0.6) is 0 Å². The highest BCUT2D eigenvalue weighted by Crippen LogP contribution is 2.34. The molecule has 2 aliphatic heterocycles. The molecule has 0 unspecified atom stereocenters. The van der Waals surface area contributed by atoms with Crippen LogP contribution in [0, 0.1) is 0 Å². The number of hydrogen-bond donors (Lipinski definition) is 0. The van der Waals surface area contributed by atoms with Gasteiger partial charge in [-0.05, 0) is 48.2 Å². The predicted molar refractivity (Wildman–Crippen MR) is 114 cm³/mol. The van der Waals surface area contributed by atoms with Gasteiger partial charge in [-0.25, -0.2) is 0 Å². The third kappa shape index (κ3) is 4.92. The molecule has 0 spiro atoms. The molecule has 3 amide bonds. The summed E-state index contributed by atoms with van der Waals surface area (Å²) in [6, 6.07) is 10.9. The van der Waals surface area contributed by atoms with Crippen molar-refractivity contribution in [3.8, 4) is 0 Å². The molecule has 2 saturated heterocycles. The number of nitrogens with zero attached hydrogens (tertiary/aromatic N) is 2. The summed E-state index contributed by atoms with van der Waals surface area (Å²) in [6.07, 6.45) is 1.52. The zero-order valence-corrected chi connectivity index (χ0v) is 18.1. The van der Waals surface area contributed by atoms with Gasteiger partial charge in [0.05, 0.1) is 18.1 Å². The van der Waals surface area contributed by atoms with Crippen molar-refractivity contribution in [1.29, 1.82) is 0 Å². The van der Waals surface area contributed by atoms with Gasteiger partial charge < -0.3 is 14.1 Å². The normalized spacial score (nSPS) is 18.5. The number of ether oxygens (including phenoxy) is 1. The van der Waals surface area contributed by atoms with Gasteiger partial charge in [0.1, 0.15) is 12.3 Å². The van der Waals surface area contributed by atoms with E-state index in [1.807, 2.05) is 12.1 Å². The van der Waals surface area contributed by atoms with Crippen molar-refractivity contribution in [2.45, 2.75) is 9.99 Å². The summed E-state index contributed by atoms with van der Waals surface area (Å²) in [4.78, 5) is 41.0. The lowest BCUT2D eigenvalue weighted by molar-refractivity contribution is -0.139. The van der Waals surface area contributed by atoms with Gasteiger partial charge in [0.25, 0.3) is 11.1 Å². The van der Waals surface area contributed by atoms with E-state index in [1.54, 1.807) is 29.2 Å². The second-order valence-electron chi connectivity index (χ2n) is 6.47. The van der Waals surface area contributed by atoms with Gasteiger partial charge >= 0.3 is 0 Å². The van der Waals surface area contributed by atoms with Crippen molar-refractivity contribution in [2.24, 2.45) is 0 Å². The Labute approximate surface area is 186 Å². The average Bonchev–Trinajstić information content (AvgIpc) is 3.29. The molecule has 0 aliphatic carbocycles. The first-order valence-corrected chi connectivity index (χ1v) is 11.1. The number of carbonyl (C=O) groups excluding carboxylic acids is 3. The van der Waals surface area contributed by atoms with Crippen LogP contribution in [0.3, 0.4) is 0 Å². The fraction of sp³-hybridized carbons (Fsp3) is 0.250. The maximum Gasteiger partial charge on any atom is 0.294 e. The Hall–Kier alpha value is -2.20. The molecule has 4 rings (SSSR count). The van der Waals surface area contributed by atoms with Crippen molar-refractivity contribution in [1.82, 2.24) is 9.80 Å². The fourth-order valence-corrected chi connectivity index (χ4v) is 4.62. The minimum Gasteiger partial charge on any atom is -0.450 e. The minimum atomic E-state index is -0.491. The monoisotopic (exact) mass is 464 g/mol. The van der Waals surface area contributed by atoms with Gasteiger partial charge in [0, 0.05) is 29.1 Å². The maximum atomic E-state index is 12.6. The maximum absolute atomic E-state index is 12.6. The Balaban J connectivity index is 1.41. The highest BCUT2D eigenvalue weighted by atomic mass is 35.5. The van der Waals surface area contributed by atoms with E-state index >= 15 is 0 Å². The van der Waals surface area contributed by atoms with Crippen LogP contribution in [0.25, 0.3) is 6.08 Å². The molecular formula is C20H17ClN2O5S2. The van der Waals surface area contributed by atoms with Crippen molar-refractivity contribution < 1.29 is 23.5 Å². The molecule has 156 valence electrons. The Morgan fingerprint density at radius 1 is 1.13 bits per heavy atom. The second kappa shape index (κ2) is 9.30. The van der Waals surface area contributed by atoms with Crippen molar-refractivity contribution in [2.75, 3.05) is 32.8 Å². The zero-order chi connectivity index (χ0) is 21.1. The smallest absolute Gasteiger partial charge is 0.294 e. The molecule has 2 aliphatic rings. The highest BCUT2D eigenvalue weighted by Gasteiger charge is 2.37. The molecule has 2 aromatic rings. The molecule has 7 nitrogen and oxygen atoms in total. The van der Waals surface area contributed by atoms with E-state index in [2.05, 4.69) is 0 Å². The summed E-state index contributed by atoms with van der Waals surface area (Å²) in [7, 11) is 0. The van der Waals surface area contributed by atoms with Gasteiger partial charge in [0.15, 0.2) is 5.09 Å². The summed E-state index contributed by atoms with van der Waals surface area (Å²) in [5, 5.41) is 0.836. The predicted octanol–water partition coefficient (Wildman–Crippen LogP) is 3.98. The lowest BCUT2D eigenvalue weighted by Crippen LogP contribution is -2.46. The first-order valence-electron chi connectivity index (χ1n) is 9.14. The first kappa shape index (κ1) is 21.0. The molecule has 30 heavy (non-hydrogen) atoms. The van der Waals surface area contributed by atoms with Gasteiger partial charge in [-0.15, -0.1) is 0 Å². The number of amides is 3. The number of halogens is 1. The molecule has 0 radical (unpaired) electrons. The Morgan fingerprint density at radius 2 is 1.87 bits per heavy atom. The van der Waals surface area contributed by atoms with Crippen molar-refractivity contribution in [3.05, 3.63) is 52.1 Å². The number of benzene rings is 1. The standard InChI is InChI=1S/C20H17ClN2O5S2/c21-13-1-4-15(5-2-13)29-18-6-3-14(28-18)11-16-19(25)23(20(26)30-16)12-17(24)22-7-9-27-10-8-22/h1-6,11H,7-10,12H2/b16-11-. The van der Waals surface area contributed by atoms with Gasteiger partial charge in [-0.2, -0.15) is 0 Å². The van der Waals surface area contributed by atoms with E-state index in [-0.39, 0.29) is 17.4 Å². The first-order chi connectivity index (χ1) is 14.5. The van der Waals surface area contributed by atoms with Gasteiger partial charge in [0.2, 0.25) is 5.91 Å². The minimum absolute atomic E-state index is 0.229. The van der Waals surface area contributed by atoms with Crippen LogP contribution < -0.4 is 0 Å². The summed E-state index contributed by atoms with van der Waals surface area (Å²) in [6.45, 7) is 1.58. The zero-order valence-electron chi connectivity index (χ0n) is 15.7. The summed E-state index contributed by atoms with van der Waals surface area (Å²) >= 11 is 8.11. The number of imide groups is 1. The Morgan fingerprint density at radius 3 is 2.60 bits per heavy atom. The molecule has 1 aromatic heterocycles. The number of thioether (sulfide) groups is 1. The number of carbonyl (C=O) groups is 3. The molecule has 0 bridgehead atoms. The molecule has 0 N–H and O–H groups in total. The average molecular weight is 465 g/mol. The van der Waals surface area contributed by atoms with Crippen LogP contribution in [0.15, 0.2) is 55.7 Å². The molecule has 3 heterocycles. The van der Waals surface area contributed by atoms with Crippen LogP contribution in [0.2, 0.25) is 5.02 Å². The Kier molecular flexibility index (Phi) is 6.52. The lowest BCUT2D eigenvalue weighted by Gasteiger charge is -2.27. The van der Waals surface area contributed by atoms with Crippen LogP contribution in [0.1, 0.15) is 5.76 Å². The van der Waals surface area contributed by atoms with Crippen molar-refractivity contribution >= 4 is 58.3 Å². The summed E-state index contributed by atoms with van der Waals surface area (Å²) in [5.74, 6) is -0.298. The van der Waals surface area contributed by atoms with E-state index in [9.17, 15) is 14.4 Å². The lowest BCUT2D eigenvalue weighted by atomic mass is 10.3. The van der Waals surface area contributed by atoms with Crippen LogP contribution in [-0.4, -0.2) is 59.7 Å². The highest BCUT2D eigenvalue weighted by molar-refractivity contribution is 8.18. The van der Waals surface area contributed by atoms with Crippen LogP contribution >= 0.6 is 35.1 Å². The molecule has 10 heteroatoms. The third-order valence-electron chi connectivity index (χ3n) is 4.44. The van der Waals surface area contributed by atoms with Crippen LogP contribution in [-0.2, 0) is 14.3 Å². The third-order valence-corrected chi connectivity index (χ3v) is 6.53. The van der Waals surface area contributed by atoms with E-state index in [1.165, 1.54) is 17.8 Å². The van der Waals surface area contributed by atoms with Gasteiger partial charge in [-0.3, -0.25) is 19.3 Å². The number of hydrogen-bond acceptors (Lipinski definition) is 7. The number of morpholine rings is 1. The molecular weight excluding hydrogens is 448 g/mol. The summed E-state index contributed by atoms with van der Waals surface area (Å²) < 4.78 is 11.0. The molecule has 0 atom stereocenters. The second-order valence-corrected chi connectivity index (χ2v) is 8.98. The number of rotatable bonds is 5. The molecule has 1 aromatic carbocycles. The summed E-state index contributed by atoms with van der Waals surface area (Å²) in [5.41, 5.74) is 0. The van der Waals surface area contributed by atoms with Crippen molar-refractivity contribution in [3.63, 3.8) is 0 Å². The van der Waals surface area contributed by atoms with Crippen LogP contribution in [0.4, 0.5) is 4.79 Å². The molecule has 0 saturated carbocycles. The van der Waals surface area contributed by atoms with E-state index in [4.69, 9.17) is 20.8 Å².